The third kappa shape index (κ3) is 1.90. The number of anilines is 1. The van der Waals surface area contributed by atoms with Crippen LogP contribution in [0.3, 0.4) is 0 Å². The lowest BCUT2D eigenvalue weighted by Gasteiger charge is -2.08. The largest absolute Gasteiger partial charge is 0.397 e. The maximum absolute atomic E-state index is 11.2. The fourth-order valence-electron chi connectivity index (χ4n) is 1.79. The number of fused-ring (bicyclic) bond motifs is 1. The lowest BCUT2D eigenvalue weighted by Crippen LogP contribution is -2.09. The Labute approximate surface area is 96.8 Å². The molecule has 0 fully saturated rings. The highest BCUT2D eigenvalue weighted by atomic mass is 32.2. The van der Waals surface area contributed by atoms with E-state index in [4.69, 9.17) is 10.3 Å². The quantitative estimate of drug-likeness (QED) is 0.511. The fourth-order valence-corrected chi connectivity index (χ4v) is 2.41. The molecule has 0 radical (unpaired) electrons. The lowest BCUT2D eigenvalue weighted by molar-refractivity contribution is 0.484. The summed E-state index contributed by atoms with van der Waals surface area (Å²) in [4.78, 5) is 13.4. The van der Waals surface area contributed by atoms with Crippen molar-refractivity contribution >= 4 is 26.7 Å². The summed E-state index contributed by atoms with van der Waals surface area (Å²) in [5.41, 5.74) is 6.31. The summed E-state index contributed by atoms with van der Waals surface area (Å²) in [6, 6.07) is 3.86. The topological polar surface area (TPSA) is 113 Å². The van der Waals surface area contributed by atoms with Crippen molar-refractivity contribution < 1.29 is 13.0 Å². The van der Waals surface area contributed by atoms with E-state index in [1.54, 1.807) is 6.92 Å². The molecule has 7 heteroatoms. The van der Waals surface area contributed by atoms with Crippen molar-refractivity contribution in [1.29, 1.82) is 0 Å². The van der Waals surface area contributed by atoms with E-state index in [1.165, 1.54) is 12.1 Å². The summed E-state index contributed by atoms with van der Waals surface area (Å²) < 4.78 is 31.2. The Bertz CT molecular complexity index is 762. The number of nitrogens with one attached hydrogen (secondary N) is 1. The molecule has 2 aromatic rings. The van der Waals surface area contributed by atoms with E-state index in [-0.39, 0.29) is 16.1 Å². The molecule has 0 saturated heterocycles. The first kappa shape index (κ1) is 11.6. The van der Waals surface area contributed by atoms with Gasteiger partial charge in [0.2, 0.25) is 5.56 Å². The molecule has 0 unspecified atom stereocenters. The molecule has 0 aliphatic carbocycles. The van der Waals surface area contributed by atoms with Crippen molar-refractivity contribution in [3.63, 3.8) is 0 Å². The predicted octanol–water partition coefficient (Wildman–Crippen LogP) is 0.665. The van der Waals surface area contributed by atoms with E-state index >= 15 is 0 Å². The minimum Gasteiger partial charge on any atom is -0.397 e. The van der Waals surface area contributed by atoms with Gasteiger partial charge in [-0.1, -0.05) is 0 Å². The second-order valence-electron chi connectivity index (χ2n) is 3.69. The minimum absolute atomic E-state index is 0.0706. The average molecular weight is 254 g/mol. The number of pyridine rings is 1. The zero-order valence-corrected chi connectivity index (χ0v) is 9.71. The van der Waals surface area contributed by atoms with Gasteiger partial charge in [-0.3, -0.25) is 9.35 Å². The Hall–Kier alpha value is -1.86. The molecule has 17 heavy (non-hydrogen) atoms. The van der Waals surface area contributed by atoms with Gasteiger partial charge in [-0.25, -0.2) is 0 Å². The Kier molecular flexibility index (Phi) is 2.44. The predicted molar refractivity (Wildman–Crippen MR) is 63.5 cm³/mol. The van der Waals surface area contributed by atoms with Gasteiger partial charge in [0.15, 0.2) is 0 Å². The van der Waals surface area contributed by atoms with Crippen LogP contribution >= 0.6 is 0 Å². The van der Waals surface area contributed by atoms with Gasteiger partial charge < -0.3 is 10.7 Å². The third-order valence-electron chi connectivity index (χ3n) is 2.48. The first-order valence-electron chi connectivity index (χ1n) is 4.70. The molecule has 0 saturated carbocycles. The van der Waals surface area contributed by atoms with Crippen molar-refractivity contribution in [2.75, 3.05) is 5.73 Å². The molecule has 1 heterocycles. The zero-order chi connectivity index (χ0) is 12.8. The normalized spacial score (nSPS) is 11.9. The second-order valence-corrected chi connectivity index (χ2v) is 5.08. The fraction of sp³-hybridized carbons (Fsp3) is 0.100. The molecule has 0 aliphatic rings. The molecule has 90 valence electrons. The van der Waals surface area contributed by atoms with E-state index in [0.717, 1.165) is 6.07 Å². The van der Waals surface area contributed by atoms with E-state index in [0.29, 0.717) is 16.5 Å². The Morgan fingerprint density at radius 3 is 2.59 bits per heavy atom. The zero-order valence-electron chi connectivity index (χ0n) is 8.89. The first-order chi connectivity index (χ1) is 7.80. The number of hydrogen-bond acceptors (Lipinski definition) is 4. The number of nitrogen functional groups attached to an aromatic ring is 1. The number of aromatic nitrogens is 1. The number of hydrogen-bond donors (Lipinski definition) is 3. The van der Waals surface area contributed by atoms with Crippen LogP contribution in [0.15, 0.2) is 27.9 Å². The summed E-state index contributed by atoms with van der Waals surface area (Å²) in [5.74, 6) is 0. The highest BCUT2D eigenvalue weighted by Gasteiger charge is 2.17. The summed E-state index contributed by atoms with van der Waals surface area (Å²) in [5, 5.41) is 0.416. The number of nitrogens with two attached hydrogens (primary N) is 1. The van der Waals surface area contributed by atoms with E-state index in [1.807, 2.05) is 0 Å². The average Bonchev–Trinajstić information content (AvgIpc) is 2.14. The maximum Gasteiger partial charge on any atom is 0.296 e. The Morgan fingerprint density at radius 2 is 2.00 bits per heavy atom. The van der Waals surface area contributed by atoms with Crippen molar-refractivity contribution in [2.24, 2.45) is 0 Å². The van der Waals surface area contributed by atoms with Gasteiger partial charge in [-0.2, -0.15) is 8.42 Å². The molecule has 0 aliphatic heterocycles. The van der Waals surface area contributed by atoms with Crippen LogP contribution in [-0.2, 0) is 10.1 Å². The molecular weight excluding hydrogens is 244 g/mol. The monoisotopic (exact) mass is 254 g/mol. The first-order valence-corrected chi connectivity index (χ1v) is 6.14. The molecule has 1 aromatic carbocycles. The van der Waals surface area contributed by atoms with Crippen LogP contribution in [0.5, 0.6) is 0 Å². The smallest absolute Gasteiger partial charge is 0.296 e. The van der Waals surface area contributed by atoms with Gasteiger partial charge >= 0.3 is 0 Å². The molecule has 6 nitrogen and oxygen atoms in total. The molecule has 4 N–H and O–H groups in total. The van der Waals surface area contributed by atoms with Gasteiger partial charge in [0.05, 0.1) is 11.2 Å². The highest BCUT2D eigenvalue weighted by molar-refractivity contribution is 7.86. The standard InChI is InChI=1S/C10H10N2O4S/c1-5-4-8(13)12-6-2-3-7(17(14,15)16)10(11)9(5)6/h2-4H,11H2,1H3,(H,12,13)(H,14,15,16). The number of rotatable bonds is 1. The molecule has 1 aromatic heterocycles. The van der Waals surface area contributed by atoms with E-state index in [9.17, 15) is 13.2 Å². The van der Waals surface area contributed by atoms with Gasteiger partial charge in [-0.05, 0) is 24.6 Å². The number of aromatic amines is 1. The molecule has 0 atom stereocenters. The summed E-state index contributed by atoms with van der Waals surface area (Å²) in [6.45, 7) is 1.64. The molecule has 0 amide bonds. The van der Waals surface area contributed by atoms with Crippen LogP contribution in [0.25, 0.3) is 10.9 Å². The lowest BCUT2D eigenvalue weighted by atomic mass is 10.1. The number of aryl methyl sites for hydroxylation is 1. The summed E-state index contributed by atoms with van der Waals surface area (Å²) >= 11 is 0. The minimum atomic E-state index is -4.37. The van der Waals surface area contributed by atoms with Crippen LogP contribution in [0.2, 0.25) is 0 Å². The van der Waals surface area contributed by atoms with E-state index < -0.39 is 10.1 Å². The van der Waals surface area contributed by atoms with Gasteiger partial charge in [0.1, 0.15) is 4.90 Å². The van der Waals surface area contributed by atoms with Crippen LogP contribution < -0.4 is 11.3 Å². The van der Waals surface area contributed by atoms with Crippen molar-refractivity contribution in [3.8, 4) is 0 Å². The van der Waals surface area contributed by atoms with Crippen LogP contribution in [0.4, 0.5) is 5.69 Å². The molecule has 0 bridgehead atoms. The van der Waals surface area contributed by atoms with Crippen LogP contribution in [-0.4, -0.2) is 18.0 Å². The second kappa shape index (κ2) is 3.57. The van der Waals surface area contributed by atoms with Crippen LogP contribution in [0, 0.1) is 6.92 Å². The van der Waals surface area contributed by atoms with Gasteiger partial charge in [0, 0.05) is 11.5 Å². The van der Waals surface area contributed by atoms with Crippen molar-refractivity contribution in [3.05, 3.63) is 34.1 Å². The maximum atomic E-state index is 11.2. The molecule has 0 spiro atoms. The molecule has 2 rings (SSSR count). The van der Waals surface area contributed by atoms with Gasteiger partial charge in [0.25, 0.3) is 10.1 Å². The Balaban J connectivity index is 3.00. The third-order valence-corrected chi connectivity index (χ3v) is 3.40. The highest BCUT2D eigenvalue weighted by Crippen LogP contribution is 2.28. The van der Waals surface area contributed by atoms with E-state index in [2.05, 4.69) is 4.98 Å². The van der Waals surface area contributed by atoms with Crippen molar-refractivity contribution in [2.45, 2.75) is 11.8 Å². The summed E-state index contributed by atoms with van der Waals surface area (Å²) in [6.07, 6.45) is 0. The number of H-pyrrole nitrogens is 1. The van der Waals surface area contributed by atoms with Gasteiger partial charge in [-0.15, -0.1) is 0 Å². The van der Waals surface area contributed by atoms with Crippen molar-refractivity contribution in [1.82, 2.24) is 4.98 Å². The SMILES string of the molecule is Cc1cc(=O)[nH]c2ccc(S(=O)(=O)O)c(N)c12. The molecular formula is C10H10N2O4S. The number of benzene rings is 1. The Morgan fingerprint density at radius 1 is 1.35 bits per heavy atom. The van der Waals surface area contributed by atoms with Crippen LogP contribution in [0.1, 0.15) is 5.56 Å². The summed E-state index contributed by atoms with van der Waals surface area (Å²) in [7, 11) is -4.37.